The Balaban J connectivity index is 1.85. The van der Waals surface area contributed by atoms with Crippen molar-refractivity contribution in [2.24, 2.45) is 0 Å². The number of benzene rings is 2. The van der Waals surface area contributed by atoms with E-state index in [4.69, 9.17) is 14.2 Å². The van der Waals surface area contributed by atoms with Gasteiger partial charge in [0.05, 0.1) is 26.9 Å². The largest absolute Gasteiger partial charge is 0.497 e. The number of ether oxygens (including phenoxy) is 3. The van der Waals surface area contributed by atoms with Gasteiger partial charge in [-0.05, 0) is 54.7 Å². The molecule has 2 aromatic rings. The first-order chi connectivity index (χ1) is 15.0. The van der Waals surface area contributed by atoms with E-state index in [9.17, 15) is 13.5 Å². The molecule has 3 rings (SSSR count). The zero-order chi connectivity index (χ0) is 22.3. The van der Waals surface area contributed by atoms with Gasteiger partial charge < -0.3 is 19.3 Å². The molecule has 0 spiro atoms. The SMILES string of the molecule is COc1ccc(CN(Cc2ccc(OC)cc2)S(=O)(=O)[C@H](CO)C[C@H]2CCCO2)cc1. The van der Waals surface area contributed by atoms with Crippen LogP contribution in [0.15, 0.2) is 48.5 Å². The predicted molar refractivity (Wildman–Crippen MR) is 119 cm³/mol. The number of hydrogen-bond donors (Lipinski definition) is 1. The highest BCUT2D eigenvalue weighted by Gasteiger charge is 2.35. The summed E-state index contributed by atoms with van der Waals surface area (Å²) in [6.07, 6.45) is 1.91. The van der Waals surface area contributed by atoms with Crippen LogP contribution >= 0.6 is 0 Å². The molecule has 0 aliphatic carbocycles. The minimum atomic E-state index is -3.79. The lowest BCUT2D eigenvalue weighted by atomic mass is 10.1. The number of aliphatic hydroxyl groups is 1. The van der Waals surface area contributed by atoms with E-state index in [0.717, 1.165) is 24.0 Å². The Labute approximate surface area is 184 Å². The smallest absolute Gasteiger partial charge is 0.219 e. The van der Waals surface area contributed by atoms with Crippen LogP contribution in [0.25, 0.3) is 0 Å². The van der Waals surface area contributed by atoms with Gasteiger partial charge in [0.25, 0.3) is 0 Å². The van der Waals surface area contributed by atoms with Gasteiger partial charge in [-0.25, -0.2) is 8.42 Å². The monoisotopic (exact) mass is 449 g/mol. The van der Waals surface area contributed by atoms with Crippen molar-refractivity contribution < 1.29 is 27.7 Å². The Kier molecular flexibility index (Phi) is 8.31. The van der Waals surface area contributed by atoms with Crippen LogP contribution < -0.4 is 9.47 Å². The van der Waals surface area contributed by atoms with Gasteiger partial charge in [-0.3, -0.25) is 0 Å². The molecule has 1 saturated heterocycles. The number of sulfonamides is 1. The molecule has 0 bridgehead atoms. The van der Waals surface area contributed by atoms with E-state index in [1.807, 2.05) is 48.5 Å². The summed E-state index contributed by atoms with van der Waals surface area (Å²) in [6, 6.07) is 14.6. The molecule has 170 valence electrons. The van der Waals surface area contributed by atoms with Gasteiger partial charge in [-0.1, -0.05) is 24.3 Å². The van der Waals surface area contributed by atoms with Gasteiger partial charge >= 0.3 is 0 Å². The molecule has 0 radical (unpaired) electrons. The summed E-state index contributed by atoms with van der Waals surface area (Å²) in [7, 11) is -0.608. The minimum absolute atomic E-state index is 0.129. The fourth-order valence-corrected chi connectivity index (χ4v) is 5.46. The van der Waals surface area contributed by atoms with Gasteiger partial charge in [0.2, 0.25) is 10.0 Å². The van der Waals surface area contributed by atoms with Crippen molar-refractivity contribution in [1.82, 2.24) is 4.31 Å². The van der Waals surface area contributed by atoms with Crippen LogP contribution in [0.4, 0.5) is 0 Å². The zero-order valence-corrected chi connectivity index (χ0v) is 18.9. The van der Waals surface area contributed by atoms with E-state index in [-0.39, 0.29) is 19.2 Å². The molecule has 7 nitrogen and oxygen atoms in total. The number of methoxy groups -OCH3 is 2. The minimum Gasteiger partial charge on any atom is -0.497 e. The predicted octanol–water partition coefficient (Wildman–Crippen LogP) is 2.97. The lowest BCUT2D eigenvalue weighted by molar-refractivity contribution is 0.0970. The molecular formula is C23H31NO6S. The average molecular weight is 450 g/mol. The Morgan fingerprint density at radius 1 is 1.00 bits per heavy atom. The van der Waals surface area contributed by atoms with Crippen LogP contribution in [-0.4, -0.2) is 56.6 Å². The first-order valence-electron chi connectivity index (χ1n) is 10.4. The van der Waals surface area contributed by atoms with Crippen molar-refractivity contribution in [3.05, 3.63) is 59.7 Å². The highest BCUT2D eigenvalue weighted by atomic mass is 32.2. The van der Waals surface area contributed by atoms with Crippen molar-refractivity contribution in [3.63, 3.8) is 0 Å². The van der Waals surface area contributed by atoms with Crippen molar-refractivity contribution >= 4 is 10.0 Å². The van der Waals surface area contributed by atoms with Crippen LogP contribution in [0, 0.1) is 0 Å². The highest BCUT2D eigenvalue weighted by Crippen LogP contribution is 2.25. The third-order valence-corrected chi connectivity index (χ3v) is 7.73. The van der Waals surface area contributed by atoms with Crippen LogP contribution in [0.2, 0.25) is 0 Å². The zero-order valence-electron chi connectivity index (χ0n) is 18.1. The molecule has 31 heavy (non-hydrogen) atoms. The van der Waals surface area contributed by atoms with E-state index >= 15 is 0 Å². The fraction of sp³-hybridized carbons (Fsp3) is 0.478. The van der Waals surface area contributed by atoms with E-state index < -0.39 is 21.9 Å². The summed E-state index contributed by atoms with van der Waals surface area (Å²) in [5.74, 6) is 1.42. The summed E-state index contributed by atoms with van der Waals surface area (Å²) in [5.41, 5.74) is 1.68. The summed E-state index contributed by atoms with van der Waals surface area (Å²) < 4.78 is 44.6. The molecule has 0 saturated carbocycles. The fourth-order valence-electron chi connectivity index (χ4n) is 3.73. The van der Waals surface area contributed by atoms with Gasteiger partial charge in [-0.2, -0.15) is 4.31 Å². The maximum absolute atomic E-state index is 13.6. The van der Waals surface area contributed by atoms with Crippen LogP contribution in [0.1, 0.15) is 30.4 Å². The summed E-state index contributed by atoms with van der Waals surface area (Å²) in [5, 5.41) is 9.04. The Morgan fingerprint density at radius 3 is 1.90 bits per heavy atom. The van der Waals surface area contributed by atoms with Crippen molar-refractivity contribution in [2.45, 2.75) is 43.7 Å². The summed E-state index contributed by atoms with van der Waals surface area (Å²) >= 11 is 0. The number of nitrogens with zero attached hydrogens (tertiary/aromatic N) is 1. The van der Waals surface area contributed by atoms with E-state index in [2.05, 4.69) is 0 Å². The molecule has 1 aliphatic rings. The van der Waals surface area contributed by atoms with Crippen LogP contribution in [0.5, 0.6) is 11.5 Å². The first kappa shape index (κ1) is 23.5. The number of aliphatic hydroxyl groups excluding tert-OH is 1. The second-order valence-electron chi connectivity index (χ2n) is 7.68. The number of hydrogen-bond acceptors (Lipinski definition) is 6. The molecular weight excluding hydrogens is 418 g/mol. The van der Waals surface area contributed by atoms with E-state index in [1.54, 1.807) is 14.2 Å². The standard InChI is InChI=1S/C23H31NO6S/c1-28-20-9-5-18(6-10-20)15-24(16-19-7-11-21(29-2)12-8-19)31(26,27)23(17-25)14-22-4-3-13-30-22/h5-12,22-23,25H,3-4,13-17H2,1-2H3/t22-,23+/m1/s1. The van der Waals surface area contributed by atoms with Crippen LogP contribution in [0.3, 0.4) is 0 Å². The quantitative estimate of drug-likeness (QED) is 0.568. The molecule has 8 heteroatoms. The van der Waals surface area contributed by atoms with Crippen molar-refractivity contribution in [3.8, 4) is 11.5 Å². The Bertz CT molecular complexity index is 859. The van der Waals surface area contributed by atoms with Gasteiger partial charge in [-0.15, -0.1) is 0 Å². The molecule has 2 atom stereocenters. The highest BCUT2D eigenvalue weighted by molar-refractivity contribution is 7.89. The van der Waals surface area contributed by atoms with Gasteiger partial charge in [0, 0.05) is 19.7 Å². The van der Waals surface area contributed by atoms with E-state index in [1.165, 1.54) is 4.31 Å². The second-order valence-corrected chi connectivity index (χ2v) is 9.90. The van der Waals surface area contributed by atoms with Crippen LogP contribution in [-0.2, 0) is 27.8 Å². The molecule has 0 amide bonds. The molecule has 2 aromatic carbocycles. The van der Waals surface area contributed by atoms with Gasteiger partial charge in [0.15, 0.2) is 0 Å². The normalized spacial score (nSPS) is 17.6. The maximum Gasteiger partial charge on any atom is 0.219 e. The second kappa shape index (κ2) is 10.9. The molecule has 0 aromatic heterocycles. The molecule has 1 heterocycles. The molecule has 1 aliphatic heterocycles. The lowest BCUT2D eigenvalue weighted by Gasteiger charge is -2.28. The third kappa shape index (κ3) is 6.20. The third-order valence-electron chi connectivity index (χ3n) is 5.57. The van der Waals surface area contributed by atoms with Crippen molar-refractivity contribution in [1.29, 1.82) is 0 Å². The molecule has 1 N–H and O–H groups in total. The maximum atomic E-state index is 13.6. The van der Waals surface area contributed by atoms with E-state index in [0.29, 0.717) is 24.5 Å². The van der Waals surface area contributed by atoms with Gasteiger partial charge in [0.1, 0.15) is 16.7 Å². The molecule has 0 unspecified atom stereocenters. The summed E-state index contributed by atoms with van der Waals surface area (Å²) in [6.45, 7) is 0.592. The number of rotatable bonds is 11. The first-order valence-corrected chi connectivity index (χ1v) is 11.9. The Hall–Kier alpha value is -2.13. The topological polar surface area (TPSA) is 85.3 Å². The molecule has 1 fully saturated rings. The Morgan fingerprint density at radius 2 is 1.52 bits per heavy atom. The lowest BCUT2D eigenvalue weighted by Crippen LogP contribution is -2.41. The summed E-state index contributed by atoms with van der Waals surface area (Å²) in [4.78, 5) is 0. The van der Waals surface area contributed by atoms with Crippen molar-refractivity contribution in [2.75, 3.05) is 27.4 Å². The average Bonchev–Trinajstić information content (AvgIpc) is 3.31.